The Morgan fingerprint density at radius 3 is 2.35 bits per heavy atom. The highest BCUT2D eigenvalue weighted by Crippen LogP contribution is 2.69. The summed E-state index contributed by atoms with van der Waals surface area (Å²) < 4.78 is 23.2. The number of ether oxygens (including phenoxy) is 1. The molecule has 10 atom stereocenters. The predicted molar refractivity (Wildman–Crippen MR) is 206 cm³/mol. The topological polar surface area (TPSA) is 162 Å². The number of hydrogen-bond donors (Lipinski definition) is 5. The van der Waals surface area contributed by atoms with Crippen LogP contribution in [0.15, 0.2) is 35.9 Å². The summed E-state index contributed by atoms with van der Waals surface area (Å²) >= 11 is 0. The van der Waals surface area contributed by atoms with E-state index in [4.69, 9.17) is 4.74 Å². The van der Waals surface area contributed by atoms with Gasteiger partial charge < -0.3 is 30.3 Å². The number of unbranched alkanes of at least 4 members (excludes halogenated alkanes) is 3. The molecule has 55 heavy (non-hydrogen) atoms. The van der Waals surface area contributed by atoms with E-state index in [9.17, 15) is 39.9 Å². The molecule has 0 bridgehead atoms. The second-order valence-corrected chi connectivity index (χ2v) is 19.2. The minimum Gasteiger partial charge on any atom is -0.508 e. The van der Waals surface area contributed by atoms with Crippen LogP contribution in [0.2, 0.25) is 0 Å². The molecule has 1 aromatic carbocycles. The molecular formula is C45H63FO9. The molecule has 1 aliphatic heterocycles. The molecule has 0 aromatic heterocycles. The number of phenols is 1. The lowest BCUT2D eigenvalue weighted by molar-refractivity contribution is -0.222. The number of alkyl halides is 1. The Bertz CT molecular complexity index is 1760. The van der Waals surface area contributed by atoms with Crippen molar-refractivity contribution in [2.45, 2.75) is 166 Å². The number of ketones is 3. The third-order valence-corrected chi connectivity index (χ3v) is 15.3. The zero-order valence-electron chi connectivity index (χ0n) is 33.8. The van der Waals surface area contributed by atoms with Crippen LogP contribution in [0.25, 0.3) is 0 Å². The maximum Gasteiger partial charge on any atom is 0.192 e. The van der Waals surface area contributed by atoms with E-state index >= 15 is 4.39 Å². The van der Waals surface area contributed by atoms with Crippen molar-refractivity contribution in [3.8, 4) is 11.5 Å². The summed E-state index contributed by atoms with van der Waals surface area (Å²) in [5, 5.41) is 53.0. The average Bonchev–Trinajstić information content (AvgIpc) is 3.31. The van der Waals surface area contributed by atoms with Gasteiger partial charge in [-0.25, -0.2) is 4.39 Å². The number of carbonyl (C=O) groups is 3. The van der Waals surface area contributed by atoms with Crippen molar-refractivity contribution in [2.75, 3.05) is 6.61 Å². The molecule has 4 fully saturated rings. The number of allylic oxidation sites excluding steroid dienone is 4. The van der Waals surface area contributed by atoms with Crippen molar-refractivity contribution in [1.29, 1.82) is 0 Å². The Morgan fingerprint density at radius 1 is 0.982 bits per heavy atom. The van der Waals surface area contributed by atoms with Crippen molar-refractivity contribution < 1.29 is 49.0 Å². The van der Waals surface area contributed by atoms with E-state index in [1.807, 2.05) is 6.07 Å². The minimum atomic E-state index is -2.23. The zero-order valence-corrected chi connectivity index (χ0v) is 33.8. The van der Waals surface area contributed by atoms with E-state index in [-0.39, 0.29) is 41.5 Å². The van der Waals surface area contributed by atoms with Gasteiger partial charge in [-0.05, 0) is 100 Å². The molecule has 5 aliphatic carbocycles. The van der Waals surface area contributed by atoms with Crippen LogP contribution in [-0.4, -0.2) is 78.6 Å². The predicted octanol–water partition coefficient (Wildman–Crippen LogP) is 6.88. The number of aromatic hydroxyl groups is 1. The first-order valence-corrected chi connectivity index (χ1v) is 20.6. The Labute approximate surface area is 325 Å². The largest absolute Gasteiger partial charge is 0.508 e. The lowest BCUT2D eigenvalue weighted by Crippen LogP contribution is -2.69. The molecule has 5 N–H and O–H groups in total. The normalized spacial score (nSPS) is 38.6. The fourth-order valence-corrected chi connectivity index (χ4v) is 11.9. The number of rotatable bonds is 8. The second kappa shape index (κ2) is 14.5. The van der Waals surface area contributed by atoms with Gasteiger partial charge in [0, 0.05) is 47.0 Å². The van der Waals surface area contributed by atoms with Gasteiger partial charge in [0.2, 0.25) is 0 Å². The van der Waals surface area contributed by atoms with Crippen molar-refractivity contribution in [1.82, 2.24) is 0 Å². The average molecular weight is 767 g/mol. The Morgan fingerprint density at radius 2 is 1.67 bits per heavy atom. The van der Waals surface area contributed by atoms with Gasteiger partial charge in [0.1, 0.15) is 29.5 Å². The van der Waals surface area contributed by atoms with Crippen LogP contribution < -0.4 is 4.74 Å². The molecule has 6 aliphatic rings. The van der Waals surface area contributed by atoms with Crippen molar-refractivity contribution in [2.24, 2.45) is 28.6 Å². The van der Waals surface area contributed by atoms with Crippen LogP contribution in [0.3, 0.4) is 0 Å². The molecule has 9 nitrogen and oxygen atoms in total. The van der Waals surface area contributed by atoms with Gasteiger partial charge in [-0.1, -0.05) is 65.0 Å². The molecule has 10 heteroatoms. The molecule has 4 saturated carbocycles. The number of carbonyl (C=O) groups excluding carboxylic acids is 3. The van der Waals surface area contributed by atoms with Crippen molar-refractivity contribution in [3.63, 3.8) is 0 Å². The molecule has 304 valence electrons. The SMILES string of the molecule is CCCCCCC(C)(C)c1cc(O)c2c(c1)OC(C)(C)[C@@H]1CCC(=O)C[C@@H]21.C[C@]12C=CC(=O)C=C1CC[C@H]1[C@@H]3C[C@@H](O)[C@](O)(C(=O)CO)[C@@]3(C)C[C@H](O)[C@@]12F. The zero-order chi connectivity index (χ0) is 40.5. The maximum atomic E-state index is 16.8. The third kappa shape index (κ3) is 6.45. The van der Waals surface area contributed by atoms with Gasteiger partial charge in [0.15, 0.2) is 22.8 Å². The third-order valence-electron chi connectivity index (χ3n) is 15.3. The molecule has 0 saturated heterocycles. The molecule has 7 rings (SSSR count). The van der Waals surface area contributed by atoms with Gasteiger partial charge in [0.25, 0.3) is 0 Å². The molecular weight excluding hydrogens is 703 g/mol. The van der Waals surface area contributed by atoms with E-state index in [1.54, 1.807) is 13.8 Å². The molecule has 0 amide bonds. The van der Waals surface area contributed by atoms with E-state index in [2.05, 4.69) is 40.7 Å². The first-order valence-electron chi connectivity index (χ1n) is 20.6. The first kappa shape index (κ1) is 41.7. The number of hydrogen-bond acceptors (Lipinski definition) is 9. The van der Waals surface area contributed by atoms with Crippen molar-refractivity contribution >= 4 is 17.3 Å². The summed E-state index contributed by atoms with van der Waals surface area (Å²) in [5.74, 6) is -0.625. The van der Waals surface area contributed by atoms with Gasteiger partial charge in [-0.15, -0.1) is 0 Å². The molecule has 1 heterocycles. The Balaban J connectivity index is 0.000000187. The van der Waals surface area contributed by atoms with E-state index < -0.39 is 58.5 Å². The summed E-state index contributed by atoms with van der Waals surface area (Å²) in [4.78, 5) is 36.3. The summed E-state index contributed by atoms with van der Waals surface area (Å²) in [5.41, 5.74) is -4.45. The number of benzene rings is 1. The summed E-state index contributed by atoms with van der Waals surface area (Å²) in [6, 6.07) is 4.06. The number of halogens is 1. The van der Waals surface area contributed by atoms with Gasteiger partial charge in [0.05, 0.1) is 12.2 Å². The van der Waals surface area contributed by atoms with E-state index in [0.29, 0.717) is 42.8 Å². The smallest absolute Gasteiger partial charge is 0.192 e. The highest BCUT2D eigenvalue weighted by atomic mass is 19.1. The number of phenolic OH excluding ortho intramolecular Hbond substituents is 1. The molecule has 0 unspecified atom stereocenters. The Hall–Kier alpha value is -2.92. The standard InChI is InChI=1S/C24H36O3.C21H27FO6/c1-6-7-8-9-12-23(2,3)16-13-20(26)22-18-15-17(25)10-11-19(18)24(4,5)27-21(22)14-16;1-18-6-5-12(24)7-11(18)3-4-13-14-8-15(25)21(28,17(27)10-23)19(14,2)9-16(26)20(13,18)22/h13-14,18-19,26H,6-12,15H2,1-5H3;5-7,13-16,23,25-26,28H,3-4,8-10H2,1-2H3/t18-,19-;13-,14-,15+,16-,18-,19-,20-,21-/m10/s1. The second-order valence-electron chi connectivity index (χ2n) is 19.2. The van der Waals surface area contributed by atoms with Crippen LogP contribution in [0.4, 0.5) is 4.39 Å². The monoisotopic (exact) mass is 766 g/mol. The summed E-state index contributed by atoms with van der Waals surface area (Å²) in [7, 11) is 0. The minimum absolute atomic E-state index is 0.00696. The highest BCUT2D eigenvalue weighted by Gasteiger charge is 2.76. The van der Waals surface area contributed by atoms with Crippen LogP contribution in [-0.2, 0) is 19.8 Å². The van der Waals surface area contributed by atoms with Crippen LogP contribution >= 0.6 is 0 Å². The first-order chi connectivity index (χ1) is 25.6. The van der Waals surface area contributed by atoms with E-state index in [0.717, 1.165) is 29.7 Å². The van der Waals surface area contributed by atoms with Crippen molar-refractivity contribution in [3.05, 3.63) is 47.1 Å². The number of aliphatic hydroxyl groups excluding tert-OH is 3. The molecule has 0 spiro atoms. The molecule has 0 radical (unpaired) electrons. The fourth-order valence-electron chi connectivity index (χ4n) is 11.9. The van der Waals surface area contributed by atoms with Gasteiger partial charge in [-0.3, -0.25) is 14.4 Å². The lowest BCUT2D eigenvalue weighted by Gasteiger charge is -2.62. The van der Waals surface area contributed by atoms with E-state index in [1.165, 1.54) is 43.9 Å². The van der Waals surface area contributed by atoms with Crippen LogP contribution in [0.1, 0.15) is 143 Å². The van der Waals surface area contributed by atoms with Crippen LogP contribution in [0, 0.1) is 28.6 Å². The summed E-state index contributed by atoms with van der Waals surface area (Å²) in [6.45, 7) is 13.3. The number of fused-ring (bicyclic) bond motifs is 8. The maximum absolute atomic E-state index is 16.8. The quantitative estimate of drug-likeness (QED) is 0.178. The van der Waals surface area contributed by atoms with Gasteiger partial charge in [-0.2, -0.15) is 0 Å². The Kier molecular flexibility index (Phi) is 11.0. The molecule has 1 aromatic rings. The lowest BCUT2D eigenvalue weighted by atomic mass is 9.44. The summed E-state index contributed by atoms with van der Waals surface area (Å²) in [6.07, 6.45) is 10.0. The van der Waals surface area contributed by atoms with Crippen LogP contribution in [0.5, 0.6) is 11.5 Å². The number of aliphatic hydroxyl groups is 4. The van der Waals surface area contributed by atoms with Gasteiger partial charge >= 0.3 is 0 Å². The highest BCUT2D eigenvalue weighted by molar-refractivity contribution is 6.01. The number of Topliss-reactive ketones (excluding diaryl/α,β-unsaturated/α-hetero) is 2. The fraction of sp³-hybridized carbons (Fsp3) is 0.711.